The number of hydrogen-bond acceptors (Lipinski definition) is 3. The van der Waals surface area contributed by atoms with Crippen molar-refractivity contribution in [3.05, 3.63) is 0 Å². The van der Waals surface area contributed by atoms with Crippen LogP contribution >= 0.6 is 12.2 Å². The Hall–Kier alpha value is -1.17. The van der Waals surface area contributed by atoms with E-state index in [2.05, 4.69) is 5.32 Å². The largest absolute Gasteiger partial charge is 0.392 e. The van der Waals surface area contributed by atoms with Crippen LogP contribution in [0.15, 0.2) is 0 Å². The maximum Gasteiger partial charge on any atom is 0.239 e. The Morgan fingerprint density at radius 2 is 1.95 bits per heavy atom. The highest BCUT2D eigenvalue weighted by atomic mass is 32.1. The Labute approximate surface area is 118 Å². The van der Waals surface area contributed by atoms with E-state index in [-0.39, 0.29) is 18.4 Å². The lowest BCUT2D eigenvalue weighted by atomic mass is 9.73. The second-order valence-electron chi connectivity index (χ2n) is 5.44. The standard InChI is InChI=1S/C13H21N3O2S/c14-11(19)13(5-2-1-3-6-13)12(18)16-8-4-7-15-10(17)9-16/h1-9H2,(H2,14,19)(H,15,17). The average molecular weight is 283 g/mol. The number of thiocarbonyl (C=S) groups is 1. The topological polar surface area (TPSA) is 75.4 Å². The van der Waals surface area contributed by atoms with E-state index in [0.29, 0.717) is 18.1 Å². The van der Waals surface area contributed by atoms with Crippen LogP contribution in [0.1, 0.15) is 38.5 Å². The van der Waals surface area contributed by atoms with Gasteiger partial charge in [-0.15, -0.1) is 0 Å². The molecule has 2 amide bonds. The minimum absolute atomic E-state index is 0.0447. The fourth-order valence-corrected chi connectivity index (χ4v) is 3.29. The van der Waals surface area contributed by atoms with Gasteiger partial charge in [0.25, 0.3) is 0 Å². The number of nitrogens with zero attached hydrogens (tertiary/aromatic N) is 1. The first kappa shape index (κ1) is 14.2. The lowest BCUT2D eigenvalue weighted by Gasteiger charge is -2.38. The molecule has 0 aromatic rings. The third-order valence-corrected chi connectivity index (χ3v) is 4.53. The monoisotopic (exact) mass is 283 g/mol. The molecule has 0 unspecified atom stereocenters. The van der Waals surface area contributed by atoms with Crippen LogP contribution in [0.3, 0.4) is 0 Å². The second kappa shape index (κ2) is 5.86. The minimum Gasteiger partial charge on any atom is -0.392 e. The number of amides is 2. The van der Waals surface area contributed by atoms with Crippen molar-refractivity contribution < 1.29 is 9.59 Å². The molecule has 0 bridgehead atoms. The van der Waals surface area contributed by atoms with Crippen LogP contribution in [-0.4, -0.2) is 41.3 Å². The first-order valence-electron chi connectivity index (χ1n) is 6.92. The van der Waals surface area contributed by atoms with Gasteiger partial charge in [0, 0.05) is 13.1 Å². The van der Waals surface area contributed by atoms with Crippen molar-refractivity contribution in [2.75, 3.05) is 19.6 Å². The molecule has 1 aliphatic carbocycles. The molecule has 6 heteroatoms. The van der Waals surface area contributed by atoms with Crippen molar-refractivity contribution in [3.8, 4) is 0 Å². The molecule has 0 aromatic carbocycles. The van der Waals surface area contributed by atoms with Gasteiger partial charge in [0.15, 0.2) is 0 Å². The van der Waals surface area contributed by atoms with Gasteiger partial charge < -0.3 is 16.0 Å². The van der Waals surface area contributed by atoms with Crippen LogP contribution in [-0.2, 0) is 9.59 Å². The van der Waals surface area contributed by atoms with Gasteiger partial charge in [-0.25, -0.2) is 0 Å². The molecule has 2 rings (SSSR count). The number of nitrogens with two attached hydrogens (primary N) is 1. The lowest BCUT2D eigenvalue weighted by molar-refractivity contribution is -0.142. The number of hydrogen-bond donors (Lipinski definition) is 2. The Kier molecular flexibility index (Phi) is 4.39. The summed E-state index contributed by atoms with van der Waals surface area (Å²) >= 11 is 5.17. The minimum atomic E-state index is -0.710. The Bertz CT molecular complexity index is 391. The third kappa shape index (κ3) is 2.88. The fourth-order valence-electron chi connectivity index (χ4n) is 3.00. The Balaban J connectivity index is 2.18. The van der Waals surface area contributed by atoms with Crippen LogP contribution in [0.25, 0.3) is 0 Å². The molecule has 19 heavy (non-hydrogen) atoms. The van der Waals surface area contributed by atoms with E-state index in [1.807, 2.05) is 0 Å². The van der Waals surface area contributed by atoms with Gasteiger partial charge in [-0.1, -0.05) is 31.5 Å². The molecular formula is C13H21N3O2S. The number of carbonyl (C=O) groups is 2. The van der Waals surface area contributed by atoms with Crippen molar-refractivity contribution >= 4 is 29.0 Å². The van der Waals surface area contributed by atoms with Gasteiger partial charge >= 0.3 is 0 Å². The average Bonchev–Trinajstić information content (AvgIpc) is 2.63. The van der Waals surface area contributed by atoms with E-state index in [4.69, 9.17) is 18.0 Å². The van der Waals surface area contributed by atoms with Gasteiger partial charge in [-0.3, -0.25) is 9.59 Å². The van der Waals surface area contributed by atoms with Crippen LogP contribution in [0.4, 0.5) is 0 Å². The summed E-state index contributed by atoms with van der Waals surface area (Å²) in [5.41, 5.74) is 5.16. The quantitative estimate of drug-likeness (QED) is 0.727. The molecule has 2 fully saturated rings. The zero-order valence-corrected chi connectivity index (χ0v) is 11.9. The Morgan fingerprint density at radius 3 is 2.58 bits per heavy atom. The molecule has 0 radical (unpaired) electrons. The normalized spacial score (nSPS) is 23.4. The molecule has 5 nitrogen and oxygen atoms in total. The van der Waals surface area contributed by atoms with Gasteiger partial charge in [-0.05, 0) is 19.3 Å². The summed E-state index contributed by atoms with van der Waals surface area (Å²) in [4.78, 5) is 26.3. The summed E-state index contributed by atoms with van der Waals surface area (Å²) in [6.45, 7) is 1.35. The first-order valence-corrected chi connectivity index (χ1v) is 7.33. The first-order chi connectivity index (χ1) is 9.06. The van der Waals surface area contributed by atoms with Crippen molar-refractivity contribution in [1.29, 1.82) is 0 Å². The zero-order valence-electron chi connectivity index (χ0n) is 11.1. The number of carbonyl (C=O) groups excluding carboxylic acids is 2. The number of nitrogens with one attached hydrogen (secondary N) is 1. The van der Waals surface area contributed by atoms with E-state index in [1.54, 1.807) is 4.90 Å². The van der Waals surface area contributed by atoms with Crippen molar-refractivity contribution in [1.82, 2.24) is 10.2 Å². The molecule has 2 aliphatic rings. The van der Waals surface area contributed by atoms with Crippen molar-refractivity contribution in [2.45, 2.75) is 38.5 Å². The maximum absolute atomic E-state index is 12.8. The maximum atomic E-state index is 12.8. The number of rotatable bonds is 2. The Morgan fingerprint density at radius 1 is 1.26 bits per heavy atom. The summed E-state index contributed by atoms with van der Waals surface area (Å²) in [6.07, 6.45) is 5.30. The zero-order chi connectivity index (χ0) is 13.9. The molecule has 1 saturated carbocycles. The van der Waals surface area contributed by atoms with Crippen LogP contribution in [0, 0.1) is 5.41 Å². The van der Waals surface area contributed by atoms with Crippen molar-refractivity contribution in [2.24, 2.45) is 11.1 Å². The summed E-state index contributed by atoms with van der Waals surface area (Å²) in [6, 6.07) is 0. The summed E-state index contributed by atoms with van der Waals surface area (Å²) in [5, 5.41) is 2.78. The predicted octanol–water partition coefficient (Wildman–Crippen LogP) is 0.571. The predicted molar refractivity (Wildman–Crippen MR) is 76.5 cm³/mol. The molecule has 0 spiro atoms. The molecule has 1 saturated heterocycles. The summed E-state index contributed by atoms with van der Waals surface area (Å²) < 4.78 is 0. The van der Waals surface area contributed by atoms with E-state index >= 15 is 0 Å². The molecule has 1 aliphatic heterocycles. The van der Waals surface area contributed by atoms with Crippen LogP contribution < -0.4 is 11.1 Å². The highest BCUT2D eigenvalue weighted by molar-refractivity contribution is 7.80. The molecule has 0 aromatic heterocycles. The molecule has 106 valence electrons. The smallest absolute Gasteiger partial charge is 0.239 e. The fraction of sp³-hybridized carbons (Fsp3) is 0.769. The SMILES string of the molecule is NC(=S)C1(C(=O)N2CCCNC(=O)C2)CCCCC1. The second-order valence-corrected chi connectivity index (χ2v) is 5.88. The van der Waals surface area contributed by atoms with Crippen molar-refractivity contribution in [3.63, 3.8) is 0 Å². The molecule has 1 heterocycles. The molecule has 0 atom stereocenters. The van der Waals surface area contributed by atoms with E-state index in [1.165, 1.54) is 0 Å². The van der Waals surface area contributed by atoms with Gasteiger partial charge in [-0.2, -0.15) is 0 Å². The highest BCUT2D eigenvalue weighted by Crippen LogP contribution is 2.38. The van der Waals surface area contributed by atoms with Gasteiger partial charge in [0.1, 0.15) is 0 Å². The lowest BCUT2D eigenvalue weighted by Crippen LogP contribution is -2.52. The molecular weight excluding hydrogens is 262 g/mol. The summed E-state index contributed by atoms with van der Waals surface area (Å²) in [5.74, 6) is -0.142. The molecule has 3 N–H and O–H groups in total. The van der Waals surface area contributed by atoms with Crippen LogP contribution in [0.2, 0.25) is 0 Å². The van der Waals surface area contributed by atoms with Gasteiger partial charge in [0.2, 0.25) is 11.8 Å². The van der Waals surface area contributed by atoms with E-state index < -0.39 is 5.41 Å². The van der Waals surface area contributed by atoms with Crippen LogP contribution in [0.5, 0.6) is 0 Å². The van der Waals surface area contributed by atoms with E-state index in [9.17, 15) is 9.59 Å². The summed E-state index contributed by atoms with van der Waals surface area (Å²) in [7, 11) is 0. The highest BCUT2D eigenvalue weighted by Gasteiger charge is 2.45. The van der Waals surface area contributed by atoms with E-state index in [0.717, 1.165) is 38.5 Å². The van der Waals surface area contributed by atoms with Gasteiger partial charge in [0.05, 0.1) is 16.9 Å². The third-order valence-electron chi connectivity index (χ3n) is 4.14.